The molecule has 4 aromatic heterocycles. The predicted molar refractivity (Wildman–Crippen MR) is 426 cm³/mol. The molecule has 0 atom stereocenters. The van der Waals surface area contributed by atoms with Crippen LogP contribution in [0.4, 0.5) is 0 Å². The van der Waals surface area contributed by atoms with Crippen molar-refractivity contribution < 1.29 is 0 Å². The maximum absolute atomic E-state index is 5.63. The van der Waals surface area contributed by atoms with Crippen molar-refractivity contribution in [3.63, 3.8) is 0 Å². The van der Waals surface area contributed by atoms with Gasteiger partial charge in [-0.2, -0.15) is 0 Å². The summed E-state index contributed by atoms with van der Waals surface area (Å²) in [6.45, 7) is 0. The second kappa shape index (κ2) is 24.4. The van der Waals surface area contributed by atoms with Crippen LogP contribution in [0, 0.1) is 0 Å². The number of benzene rings is 14. The zero-order valence-electron chi connectivity index (χ0n) is 55.4. The number of rotatable bonds is 14. The second-order valence-corrected chi connectivity index (χ2v) is 34.3. The van der Waals surface area contributed by atoms with Crippen LogP contribution in [-0.4, -0.2) is 35.2 Å². The predicted octanol–water partition coefficient (Wildman–Crippen LogP) is 17.1. The van der Waals surface area contributed by atoms with E-state index in [0.29, 0.717) is 0 Å². The number of pyridine rings is 2. The summed E-state index contributed by atoms with van der Waals surface area (Å²) >= 11 is 0. The minimum absolute atomic E-state index is 0.872. The highest BCUT2D eigenvalue weighted by Crippen LogP contribution is 2.57. The molecule has 0 bridgehead atoms. The Morgan fingerprint density at radius 1 is 0.218 bits per heavy atom. The second-order valence-electron chi connectivity index (χ2n) is 26.7. The van der Waals surface area contributed by atoms with E-state index in [9.17, 15) is 0 Å². The van der Waals surface area contributed by atoms with E-state index in [4.69, 9.17) is 9.97 Å². The van der Waals surface area contributed by atoms with Gasteiger partial charge in [-0.25, -0.2) is 0 Å². The van der Waals surface area contributed by atoms with E-state index >= 15 is 0 Å². The van der Waals surface area contributed by atoms with E-state index in [1.807, 2.05) is 0 Å². The quantitative estimate of drug-likeness (QED) is 0.0803. The van der Waals surface area contributed by atoms with Gasteiger partial charge in [0.2, 0.25) is 0 Å². The van der Waals surface area contributed by atoms with Gasteiger partial charge in [0, 0.05) is 67.6 Å². The summed E-state index contributed by atoms with van der Waals surface area (Å²) in [5.41, 5.74) is 16.1. The molecule has 18 aromatic rings. The van der Waals surface area contributed by atoms with Crippen LogP contribution in [0.15, 0.2) is 401 Å². The molecule has 0 aliphatic heterocycles. The van der Waals surface area contributed by atoms with Gasteiger partial charge in [-0.05, 0) is 137 Å². The molecule has 474 valence electrons. The van der Waals surface area contributed by atoms with Crippen LogP contribution >= 0.6 is 0 Å². The molecular weight excluding hydrogens is 1250 g/mol. The van der Waals surface area contributed by atoms with Crippen LogP contribution in [0.3, 0.4) is 0 Å². The molecule has 4 heterocycles. The first-order valence-corrected chi connectivity index (χ1v) is 38.8. The lowest BCUT2D eigenvalue weighted by atomic mass is 9.67. The van der Waals surface area contributed by atoms with Crippen LogP contribution in [0.1, 0.15) is 22.3 Å². The molecule has 101 heavy (non-hydrogen) atoms. The Morgan fingerprint density at radius 3 is 0.772 bits per heavy atom. The summed E-state index contributed by atoms with van der Waals surface area (Å²) in [6.07, 6.45) is 4.11. The number of aromatic nitrogens is 4. The van der Waals surface area contributed by atoms with E-state index in [1.54, 1.807) is 0 Å². The van der Waals surface area contributed by atoms with Crippen molar-refractivity contribution >= 4 is 101 Å². The molecule has 0 unspecified atom stereocenters. The summed E-state index contributed by atoms with van der Waals surface area (Å²) < 4.78 is 4.96. The fourth-order valence-corrected chi connectivity index (χ4v) is 26.8. The molecule has 0 amide bonds. The minimum Gasteiger partial charge on any atom is -0.309 e. The third-order valence-electron chi connectivity index (χ3n) is 21.6. The van der Waals surface area contributed by atoms with E-state index in [1.165, 1.54) is 52.3 Å². The molecule has 14 aromatic carbocycles. The van der Waals surface area contributed by atoms with Gasteiger partial charge in [0.15, 0.2) is 16.1 Å². The highest BCUT2D eigenvalue weighted by atomic mass is 28.3. The molecule has 0 spiro atoms. The van der Waals surface area contributed by atoms with Gasteiger partial charge >= 0.3 is 0 Å². The topological polar surface area (TPSA) is 35.6 Å². The first-order valence-electron chi connectivity index (χ1n) is 34.8. The molecule has 0 radical (unpaired) electrons. The van der Waals surface area contributed by atoms with Crippen molar-refractivity contribution in [3.8, 4) is 45.0 Å². The van der Waals surface area contributed by atoms with Gasteiger partial charge in [-0.3, -0.25) is 9.97 Å². The Hall–Kier alpha value is -12.6. The van der Waals surface area contributed by atoms with E-state index in [0.717, 1.165) is 100 Å². The van der Waals surface area contributed by atoms with Crippen LogP contribution in [0.2, 0.25) is 0 Å². The third kappa shape index (κ3) is 9.33. The average Bonchev–Trinajstić information content (AvgIpc) is 1.55. The van der Waals surface area contributed by atoms with Gasteiger partial charge in [0.25, 0.3) is 0 Å². The molecule has 0 fully saturated rings. The first kappa shape index (κ1) is 59.7. The average molecular weight is 1320 g/mol. The maximum Gasteiger partial charge on any atom is 0.179 e. The molecule has 6 heteroatoms. The molecular formula is C95H66N4Si2. The summed E-state index contributed by atoms with van der Waals surface area (Å²) in [5, 5.41) is 15.3. The largest absolute Gasteiger partial charge is 0.309 e. The molecule has 0 N–H and O–H groups in total. The Kier molecular flexibility index (Phi) is 14.4. The Labute approximate surface area is 589 Å². The van der Waals surface area contributed by atoms with Gasteiger partial charge in [-0.15, -0.1) is 0 Å². The van der Waals surface area contributed by atoms with Gasteiger partial charge in [0.05, 0.1) is 38.9 Å². The summed E-state index contributed by atoms with van der Waals surface area (Å²) in [5.74, 6) is 0. The fraction of sp³-hybridized carbons (Fsp3) is 0.0105. The number of para-hydroxylation sites is 2. The first-order chi connectivity index (χ1) is 50.1. The Morgan fingerprint density at radius 2 is 0.475 bits per heavy atom. The van der Waals surface area contributed by atoms with Crippen LogP contribution in [0.25, 0.3) is 88.6 Å². The van der Waals surface area contributed by atoms with Crippen molar-refractivity contribution in [1.82, 2.24) is 19.1 Å². The smallest absolute Gasteiger partial charge is 0.179 e. The van der Waals surface area contributed by atoms with Gasteiger partial charge in [-0.1, -0.05) is 315 Å². The van der Waals surface area contributed by atoms with E-state index in [-0.39, 0.29) is 0 Å². The minimum atomic E-state index is -3.02. The summed E-state index contributed by atoms with van der Waals surface area (Å²) in [4.78, 5) is 11.3. The van der Waals surface area contributed by atoms with Crippen molar-refractivity contribution in [2.24, 2.45) is 0 Å². The fourth-order valence-electron chi connectivity index (χ4n) is 17.2. The lowest BCUT2D eigenvalue weighted by Crippen LogP contribution is -2.74. The third-order valence-corrected chi connectivity index (χ3v) is 31.1. The van der Waals surface area contributed by atoms with E-state index < -0.39 is 21.6 Å². The lowest BCUT2D eigenvalue weighted by molar-refractivity contribution is 0.768. The Bertz CT molecular complexity index is 5520. The SMILES string of the molecule is c1ccc(-c2cnc3c(c2)C(c2ccc4c(c2)c2cc([Si](c5ccccc5)(c5ccccc5)c5ccccc5)ccc2n4-c2ccccc2)(c2ccc4c(c2)c2cc([Si](c5ccccc5)(c5ccccc5)c5ccccc5)ccc2n4-c2ccccc2)c2cc(-c4ccccc4)cnc2-3)cc1. The summed E-state index contributed by atoms with van der Waals surface area (Å²) in [6, 6.07) is 146. The van der Waals surface area contributed by atoms with Crippen LogP contribution < -0.4 is 41.5 Å². The number of hydrogen-bond donors (Lipinski definition) is 0. The van der Waals surface area contributed by atoms with Crippen molar-refractivity contribution in [3.05, 3.63) is 423 Å². The normalized spacial score (nSPS) is 12.6. The highest BCUT2D eigenvalue weighted by Gasteiger charge is 2.50. The zero-order valence-corrected chi connectivity index (χ0v) is 57.4. The molecule has 19 rings (SSSR count). The molecule has 0 saturated carbocycles. The van der Waals surface area contributed by atoms with Crippen LogP contribution in [-0.2, 0) is 5.41 Å². The highest BCUT2D eigenvalue weighted by molar-refractivity contribution is 7.20. The maximum atomic E-state index is 5.63. The monoisotopic (exact) mass is 1320 g/mol. The Balaban J connectivity index is 0.956. The number of fused-ring (bicyclic) bond motifs is 9. The number of nitrogens with zero attached hydrogens (tertiary/aromatic N) is 4. The van der Waals surface area contributed by atoms with Gasteiger partial charge < -0.3 is 9.13 Å². The number of hydrogen-bond acceptors (Lipinski definition) is 2. The molecule has 1 aliphatic rings. The molecule has 4 nitrogen and oxygen atoms in total. The van der Waals surface area contributed by atoms with E-state index in [2.05, 4.69) is 410 Å². The van der Waals surface area contributed by atoms with Gasteiger partial charge in [0.1, 0.15) is 0 Å². The van der Waals surface area contributed by atoms with Crippen molar-refractivity contribution in [2.75, 3.05) is 0 Å². The summed E-state index contributed by atoms with van der Waals surface area (Å²) in [7, 11) is -6.05. The van der Waals surface area contributed by atoms with Crippen LogP contribution in [0.5, 0.6) is 0 Å². The lowest BCUT2D eigenvalue weighted by Gasteiger charge is -2.34. The molecule has 1 aliphatic carbocycles. The zero-order chi connectivity index (χ0) is 66.9. The molecule has 0 saturated heterocycles. The standard InChI is InChI=1S/C95H66N4Si2/c1-11-31-67(32-12-1)69-59-87-93(96-65-69)94-88(60-70(66-97-94)68-33-13-2-14-34-68)95(87,71-51-55-89-83(61-71)85-63-81(53-57-91(85)98(89)73-35-15-3-16-36-73)100(75-39-19-5-20-40-75,76-41-21-6-22-42-76)77-43-23-7-24-44-77)72-52-56-90-84(62-72)86-64-82(54-58-92(86)99(90)74-37-17-4-18-38-74)101(78-45-25-8-26-46-78,79-47-27-9-28-48-79)80-49-29-10-30-50-80/h1-66H. The van der Waals surface area contributed by atoms with Crippen molar-refractivity contribution in [1.29, 1.82) is 0 Å². The van der Waals surface area contributed by atoms with Crippen molar-refractivity contribution in [2.45, 2.75) is 5.41 Å².